The second-order valence-electron chi connectivity index (χ2n) is 4.98. The Bertz CT molecular complexity index is 611. The van der Waals surface area contributed by atoms with Gasteiger partial charge >= 0.3 is 0 Å². The number of hydrogen-bond donors (Lipinski definition) is 0. The van der Waals surface area contributed by atoms with Crippen molar-refractivity contribution in [3.05, 3.63) is 68.7 Å². The van der Waals surface area contributed by atoms with Gasteiger partial charge in [-0.25, -0.2) is 0 Å². The number of anilines is 2. The normalized spacial score (nSPS) is 10.4. The number of aryl methyl sites for hydroxylation is 2. The van der Waals surface area contributed by atoms with Crippen molar-refractivity contribution in [1.29, 1.82) is 0 Å². The summed E-state index contributed by atoms with van der Waals surface area (Å²) in [4.78, 5) is 2.15. The van der Waals surface area contributed by atoms with E-state index in [-0.39, 0.29) is 0 Å². The summed E-state index contributed by atoms with van der Waals surface area (Å²) in [5.41, 5.74) is 5.61. The van der Waals surface area contributed by atoms with Crippen LogP contribution in [0.15, 0.2) is 57.6 Å². The minimum absolute atomic E-state index is 0.971. The molecule has 2 rings (SSSR count). The fourth-order valence-electron chi connectivity index (χ4n) is 2.13. The van der Waals surface area contributed by atoms with Crippen LogP contribution in [0.3, 0.4) is 0 Å². The lowest BCUT2D eigenvalue weighted by Gasteiger charge is -2.27. The van der Waals surface area contributed by atoms with E-state index in [0.717, 1.165) is 26.0 Å². The highest BCUT2D eigenvalue weighted by Gasteiger charge is 2.16. The molecular formula is C17H17Br2N. The van der Waals surface area contributed by atoms with Crippen molar-refractivity contribution >= 4 is 43.2 Å². The first-order valence-electron chi connectivity index (χ1n) is 6.38. The standard InChI is InChI=1S/C17H17Br2N/c1-11(2)20(16-7-5-12(3)9-14(16)18)17-8-6-13(4)10-15(17)19/h5-10H,1H2,2-4H3. The molecule has 0 aliphatic carbocycles. The quantitative estimate of drug-likeness (QED) is 0.574. The Kier molecular flexibility index (Phi) is 4.71. The van der Waals surface area contributed by atoms with Gasteiger partial charge in [-0.05, 0) is 88.0 Å². The van der Waals surface area contributed by atoms with Gasteiger partial charge in [0.25, 0.3) is 0 Å². The largest absolute Gasteiger partial charge is 0.313 e. The van der Waals surface area contributed by atoms with Gasteiger partial charge in [0.05, 0.1) is 11.4 Å². The third-order valence-electron chi connectivity index (χ3n) is 3.07. The van der Waals surface area contributed by atoms with Crippen molar-refractivity contribution in [3.8, 4) is 0 Å². The summed E-state index contributed by atoms with van der Waals surface area (Å²) >= 11 is 7.31. The highest BCUT2D eigenvalue weighted by Crippen LogP contribution is 2.39. The molecule has 1 nitrogen and oxygen atoms in total. The van der Waals surface area contributed by atoms with Gasteiger partial charge in [0.1, 0.15) is 0 Å². The van der Waals surface area contributed by atoms with E-state index in [1.54, 1.807) is 0 Å². The number of hydrogen-bond acceptors (Lipinski definition) is 1. The highest BCUT2D eigenvalue weighted by atomic mass is 79.9. The van der Waals surface area contributed by atoms with Crippen molar-refractivity contribution in [2.24, 2.45) is 0 Å². The monoisotopic (exact) mass is 393 g/mol. The molecule has 0 saturated carbocycles. The van der Waals surface area contributed by atoms with Gasteiger partial charge in [-0.2, -0.15) is 0 Å². The molecule has 0 spiro atoms. The minimum atomic E-state index is 0.971. The molecule has 0 radical (unpaired) electrons. The van der Waals surface area contributed by atoms with E-state index < -0.39 is 0 Å². The summed E-state index contributed by atoms with van der Waals surface area (Å²) in [5, 5.41) is 0. The molecule has 0 unspecified atom stereocenters. The average Bonchev–Trinajstić information content (AvgIpc) is 2.34. The van der Waals surface area contributed by atoms with E-state index in [0.29, 0.717) is 0 Å². The van der Waals surface area contributed by atoms with Gasteiger partial charge in [0, 0.05) is 14.6 Å². The van der Waals surface area contributed by atoms with Crippen LogP contribution in [-0.4, -0.2) is 0 Å². The Hall–Kier alpha value is -1.06. The zero-order valence-corrected chi connectivity index (χ0v) is 15.0. The van der Waals surface area contributed by atoms with E-state index in [9.17, 15) is 0 Å². The predicted octanol–water partition coefficient (Wildman–Crippen LogP) is 6.50. The molecule has 0 saturated heterocycles. The maximum Gasteiger partial charge on any atom is 0.0600 e. The number of nitrogens with zero attached hydrogens (tertiary/aromatic N) is 1. The summed E-state index contributed by atoms with van der Waals surface area (Å²) in [6, 6.07) is 12.7. The second-order valence-corrected chi connectivity index (χ2v) is 6.69. The Morgan fingerprint density at radius 2 is 1.30 bits per heavy atom. The first-order valence-corrected chi connectivity index (χ1v) is 7.96. The fraction of sp³-hybridized carbons (Fsp3) is 0.176. The molecule has 0 atom stereocenters. The van der Waals surface area contributed by atoms with Crippen LogP contribution < -0.4 is 4.90 Å². The molecule has 3 heteroatoms. The van der Waals surface area contributed by atoms with Crippen molar-refractivity contribution in [2.45, 2.75) is 20.8 Å². The van der Waals surface area contributed by atoms with Gasteiger partial charge in [-0.15, -0.1) is 0 Å². The fourth-order valence-corrected chi connectivity index (χ4v) is 3.47. The molecule has 0 fully saturated rings. The molecule has 104 valence electrons. The van der Waals surface area contributed by atoms with Gasteiger partial charge < -0.3 is 4.90 Å². The van der Waals surface area contributed by atoms with Gasteiger partial charge in [-0.1, -0.05) is 18.7 Å². The van der Waals surface area contributed by atoms with Crippen LogP contribution in [0.4, 0.5) is 11.4 Å². The number of allylic oxidation sites excluding steroid dienone is 1. The third-order valence-corrected chi connectivity index (χ3v) is 4.34. The first-order chi connectivity index (χ1) is 9.40. The van der Waals surface area contributed by atoms with Crippen LogP contribution >= 0.6 is 31.9 Å². The lowest BCUT2D eigenvalue weighted by molar-refractivity contribution is 1.15. The summed E-state index contributed by atoms with van der Waals surface area (Å²) in [7, 11) is 0. The summed E-state index contributed by atoms with van der Waals surface area (Å²) < 4.78 is 2.13. The van der Waals surface area contributed by atoms with Crippen LogP contribution in [0.2, 0.25) is 0 Å². The molecule has 0 bridgehead atoms. The smallest absolute Gasteiger partial charge is 0.0600 e. The summed E-state index contributed by atoms with van der Waals surface area (Å²) in [6.45, 7) is 10.3. The Labute approximate surface area is 137 Å². The van der Waals surface area contributed by atoms with Gasteiger partial charge in [-0.3, -0.25) is 0 Å². The SMILES string of the molecule is C=C(C)N(c1ccc(C)cc1Br)c1ccc(C)cc1Br. The van der Waals surface area contributed by atoms with Crippen LogP contribution in [0.25, 0.3) is 0 Å². The molecule has 2 aromatic carbocycles. The van der Waals surface area contributed by atoms with Crippen molar-refractivity contribution in [3.63, 3.8) is 0 Å². The maximum atomic E-state index is 4.12. The van der Waals surface area contributed by atoms with Crippen LogP contribution in [0, 0.1) is 13.8 Å². The van der Waals surface area contributed by atoms with Gasteiger partial charge in [0.2, 0.25) is 0 Å². The summed E-state index contributed by atoms with van der Waals surface area (Å²) in [6.07, 6.45) is 0. The average molecular weight is 395 g/mol. The third kappa shape index (κ3) is 3.15. The second kappa shape index (κ2) is 6.15. The molecular weight excluding hydrogens is 378 g/mol. The van der Waals surface area contributed by atoms with Crippen LogP contribution in [0.1, 0.15) is 18.1 Å². The Morgan fingerprint density at radius 1 is 0.900 bits per heavy atom. The van der Waals surface area contributed by atoms with Crippen molar-refractivity contribution in [1.82, 2.24) is 0 Å². The Morgan fingerprint density at radius 3 is 1.60 bits per heavy atom. The van der Waals surface area contributed by atoms with Crippen molar-refractivity contribution < 1.29 is 0 Å². The lowest BCUT2D eigenvalue weighted by atomic mass is 10.1. The van der Waals surface area contributed by atoms with E-state index in [4.69, 9.17) is 0 Å². The van der Waals surface area contributed by atoms with E-state index in [1.807, 2.05) is 6.92 Å². The minimum Gasteiger partial charge on any atom is -0.313 e. The number of halogens is 2. The van der Waals surface area contributed by atoms with Gasteiger partial charge in [0.15, 0.2) is 0 Å². The molecule has 0 aliphatic heterocycles. The van der Waals surface area contributed by atoms with Crippen LogP contribution in [0.5, 0.6) is 0 Å². The van der Waals surface area contributed by atoms with Crippen LogP contribution in [-0.2, 0) is 0 Å². The predicted molar refractivity (Wildman–Crippen MR) is 94.7 cm³/mol. The number of rotatable bonds is 3. The number of benzene rings is 2. The molecule has 20 heavy (non-hydrogen) atoms. The van der Waals surface area contributed by atoms with E-state index in [2.05, 4.69) is 93.6 Å². The molecule has 0 aromatic heterocycles. The molecule has 0 amide bonds. The molecule has 2 aromatic rings. The zero-order valence-electron chi connectivity index (χ0n) is 11.9. The molecule has 0 heterocycles. The first kappa shape index (κ1) is 15.3. The maximum absolute atomic E-state index is 4.12. The highest BCUT2D eigenvalue weighted by molar-refractivity contribution is 9.11. The summed E-state index contributed by atoms with van der Waals surface area (Å²) in [5.74, 6) is 0. The van der Waals surface area contributed by atoms with E-state index >= 15 is 0 Å². The van der Waals surface area contributed by atoms with Crippen molar-refractivity contribution in [2.75, 3.05) is 4.90 Å². The molecule has 0 N–H and O–H groups in total. The molecule has 0 aliphatic rings. The topological polar surface area (TPSA) is 3.24 Å². The van der Waals surface area contributed by atoms with E-state index in [1.165, 1.54) is 11.1 Å². The Balaban J connectivity index is 2.59. The lowest BCUT2D eigenvalue weighted by Crippen LogP contribution is -2.14. The zero-order chi connectivity index (χ0) is 14.9.